The third-order valence-electron chi connectivity index (χ3n) is 5.83. The number of aromatic nitrogens is 4. The number of anilines is 2. The molecular formula is C29H21N5OS. The van der Waals surface area contributed by atoms with E-state index in [0.29, 0.717) is 5.75 Å². The number of benzene rings is 3. The summed E-state index contributed by atoms with van der Waals surface area (Å²) in [6, 6.07) is 30.5. The molecule has 0 atom stereocenters. The zero-order valence-corrected chi connectivity index (χ0v) is 20.2. The van der Waals surface area contributed by atoms with Gasteiger partial charge in [0.05, 0.1) is 18.8 Å². The van der Waals surface area contributed by atoms with E-state index in [1.54, 1.807) is 31.3 Å². The molecule has 0 saturated heterocycles. The van der Waals surface area contributed by atoms with E-state index in [9.17, 15) is 0 Å². The molecule has 1 N–H and O–H groups in total. The van der Waals surface area contributed by atoms with Crippen LogP contribution < -0.4 is 10.1 Å². The molecule has 3 heterocycles. The van der Waals surface area contributed by atoms with Gasteiger partial charge in [-0.25, -0.2) is 4.98 Å². The second-order valence-electron chi connectivity index (χ2n) is 8.11. The number of pyridine rings is 2. The van der Waals surface area contributed by atoms with Crippen LogP contribution in [-0.2, 0) is 0 Å². The van der Waals surface area contributed by atoms with Crippen LogP contribution in [0.1, 0.15) is 0 Å². The van der Waals surface area contributed by atoms with Crippen LogP contribution in [0.4, 0.5) is 11.5 Å². The van der Waals surface area contributed by atoms with Gasteiger partial charge in [-0.15, -0.1) is 10.2 Å². The molecule has 0 aliphatic rings. The van der Waals surface area contributed by atoms with Gasteiger partial charge in [0, 0.05) is 44.1 Å². The first kappa shape index (κ1) is 22.0. The molecule has 0 unspecified atom stereocenters. The number of fused-ring (bicyclic) bond motifs is 2. The average molecular weight is 488 g/mol. The molecule has 0 spiro atoms. The van der Waals surface area contributed by atoms with Crippen molar-refractivity contribution in [2.24, 2.45) is 0 Å². The molecule has 6 aromatic rings. The number of nitrogens with one attached hydrogen (secondary N) is 1. The van der Waals surface area contributed by atoms with Crippen molar-refractivity contribution in [1.82, 2.24) is 20.2 Å². The summed E-state index contributed by atoms with van der Waals surface area (Å²) in [5, 5.41) is 14.6. The number of hydrogen-bond donors (Lipinski definition) is 1. The maximum atomic E-state index is 5.27. The number of hydrogen-bond acceptors (Lipinski definition) is 7. The van der Waals surface area contributed by atoms with Crippen LogP contribution in [0.5, 0.6) is 5.75 Å². The molecule has 0 radical (unpaired) electrons. The molecule has 0 aliphatic carbocycles. The zero-order valence-electron chi connectivity index (χ0n) is 19.4. The van der Waals surface area contributed by atoms with Crippen molar-refractivity contribution in [1.29, 1.82) is 0 Å². The minimum atomic E-state index is 0.694. The molecule has 0 bridgehead atoms. The number of methoxy groups -OCH3 is 1. The highest BCUT2D eigenvalue weighted by Gasteiger charge is 2.11. The van der Waals surface area contributed by atoms with Gasteiger partial charge in [0.1, 0.15) is 17.0 Å². The van der Waals surface area contributed by atoms with E-state index in [1.165, 1.54) is 0 Å². The monoisotopic (exact) mass is 487 g/mol. The third kappa shape index (κ3) is 4.32. The summed E-state index contributed by atoms with van der Waals surface area (Å²) in [5.74, 6) is 1.42. The zero-order chi connectivity index (χ0) is 24.3. The molecule has 0 saturated carbocycles. The van der Waals surface area contributed by atoms with Gasteiger partial charge >= 0.3 is 0 Å². The van der Waals surface area contributed by atoms with Gasteiger partial charge in [0.15, 0.2) is 5.82 Å². The summed E-state index contributed by atoms with van der Waals surface area (Å²) in [6.45, 7) is 0. The molecule has 0 fully saturated rings. The highest BCUT2D eigenvalue weighted by Crippen LogP contribution is 2.34. The number of rotatable bonds is 6. The van der Waals surface area contributed by atoms with E-state index in [4.69, 9.17) is 4.74 Å². The fraction of sp³-hybridized carbons (Fsp3) is 0.0345. The SMILES string of the molecule is COc1cnc2c(Sc3ccc(Nc4nnc(-c5ccccc5)c5ccccc45)cc3)ccnc2c1. The Kier molecular flexibility index (Phi) is 5.89. The van der Waals surface area contributed by atoms with Gasteiger partial charge in [-0.1, -0.05) is 66.4 Å². The molecule has 174 valence electrons. The van der Waals surface area contributed by atoms with E-state index in [1.807, 2.05) is 54.6 Å². The van der Waals surface area contributed by atoms with Crippen molar-refractivity contribution < 1.29 is 4.74 Å². The fourth-order valence-electron chi connectivity index (χ4n) is 4.06. The van der Waals surface area contributed by atoms with Gasteiger partial charge in [-0.2, -0.15) is 0 Å². The lowest BCUT2D eigenvalue weighted by atomic mass is 10.0. The Morgan fingerprint density at radius 2 is 1.56 bits per heavy atom. The Bertz CT molecular complexity index is 1670. The molecule has 0 aliphatic heterocycles. The Hall–Kier alpha value is -4.49. The quantitative estimate of drug-likeness (QED) is 0.268. The van der Waals surface area contributed by atoms with Gasteiger partial charge in [0.25, 0.3) is 0 Å². The van der Waals surface area contributed by atoms with Crippen LogP contribution in [0.3, 0.4) is 0 Å². The van der Waals surface area contributed by atoms with Gasteiger partial charge in [-0.05, 0) is 30.3 Å². The summed E-state index contributed by atoms with van der Waals surface area (Å²) in [5.41, 5.74) is 4.52. The Balaban J connectivity index is 1.26. The van der Waals surface area contributed by atoms with Crippen LogP contribution in [0.15, 0.2) is 113 Å². The minimum absolute atomic E-state index is 0.694. The summed E-state index contributed by atoms with van der Waals surface area (Å²) in [7, 11) is 1.63. The molecule has 3 aromatic carbocycles. The molecule has 3 aromatic heterocycles. The molecule has 0 amide bonds. The Labute approximate surface area is 212 Å². The van der Waals surface area contributed by atoms with E-state index in [0.717, 1.165) is 54.4 Å². The molecule has 6 nitrogen and oxygen atoms in total. The molecule has 6 rings (SSSR count). The second-order valence-corrected chi connectivity index (χ2v) is 9.23. The maximum absolute atomic E-state index is 5.27. The highest BCUT2D eigenvalue weighted by atomic mass is 32.2. The second kappa shape index (κ2) is 9.64. The fourth-order valence-corrected chi connectivity index (χ4v) is 4.97. The van der Waals surface area contributed by atoms with Gasteiger partial charge < -0.3 is 10.1 Å². The first-order chi connectivity index (χ1) is 17.8. The standard InChI is InChI=1S/C29H21N5OS/c1-35-21-17-25-28(31-18-21)26(15-16-30-25)36-22-13-11-20(12-14-22)32-29-24-10-6-5-9-23(24)27(33-34-29)19-7-3-2-4-8-19/h2-18H,1H3,(H,32,34). The summed E-state index contributed by atoms with van der Waals surface area (Å²) in [6.07, 6.45) is 3.51. The van der Waals surface area contributed by atoms with Crippen molar-refractivity contribution in [3.05, 3.63) is 103 Å². The van der Waals surface area contributed by atoms with Crippen LogP contribution in [0.25, 0.3) is 33.1 Å². The molecule has 7 heteroatoms. The van der Waals surface area contributed by atoms with Gasteiger partial charge in [0.2, 0.25) is 0 Å². The van der Waals surface area contributed by atoms with Crippen molar-refractivity contribution in [2.75, 3.05) is 12.4 Å². The molecular weight excluding hydrogens is 466 g/mol. The lowest BCUT2D eigenvalue weighted by Gasteiger charge is -2.12. The normalized spacial score (nSPS) is 11.0. The van der Waals surface area contributed by atoms with E-state index < -0.39 is 0 Å². The minimum Gasteiger partial charge on any atom is -0.495 e. The highest BCUT2D eigenvalue weighted by molar-refractivity contribution is 7.99. The van der Waals surface area contributed by atoms with E-state index in [2.05, 4.69) is 61.9 Å². The van der Waals surface area contributed by atoms with Crippen molar-refractivity contribution >= 4 is 45.1 Å². The largest absolute Gasteiger partial charge is 0.495 e. The number of nitrogens with zero attached hydrogens (tertiary/aromatic N) is 4. The molecule has 36 heavy (non-hydrogen) atoms. The summed E-state index contributed by atoms with van der Waals surface area (Å²) in [4.78, 5) is 11.1. The van der Waals surface area contributed by atoms with Crippen LogP contribution >= 0.6 is 11.8 Å². The Morgan fingerprint density at radius 3 is 2.36 bits per heavy atom. The summed E-state index contributed by atoms with van der Waals surface area (Å²) < 4.78 is 5.27. The topological polar surface area (TPSA) is 72.8 Å². The lowest BCUT2D eigenvalue weighted by Crippen LogP contribution is -1.99. The maximum Gasteiger partial charge on any atom is 0.161 e. The van der Waals surface area contributed by atoms with Crippen molar-refractivity contribution in [2.45, 2.75) is 9.79 Å². The predicted octanol–water partition coefficient (Wildman–Crippen LogP) is 7.14. The smallest absolute Gasteiger partial charge is 0.161 e. The first-order valence-corrected chi connectivity index (χ1v) is 12.2. The average Bonchev–Trinajstić information content (AvgIpc) is 2.94. The van der Waals surface area contributed by atoms with Crippen molar-refractivity contribution in [3.63, 3.8) is 0 Å². The van der Waals surface area contributed by atoms with E-state index in [-0.39, 0.29) is 0 Å². The first-order valence-electron chi connectivity index (χ1n) is 11.4. The lowest BCUT2D eigenvalue weighted by molar-refractivity contribution is 0.413. The number of ether oxygens (including phenoxy) is 1. The van der Waals surface area contributed by atoms with Crippen LogP contribution in [0, 0.1) is 0 Å². The van der Waals surface area contributed by atoms with E-state index >= 15 is 0 Å². The Morgan fingerprint density at radius 1 is 0.778 bits per heavy atom. The van der Waals surface area contributed by atoms with Crippen LogP contribution in [-0.4, -0.2) is 27.3 Å². The third-order valence-corrected chi connectivity index (χ3v) is 6.89. The predicted molar refractivity (Wildman–Crippen MR) is 145 cm³/mol. The summed E-state index contributed by atoms with van der Waals surface area (Å²) >= 11 is 1.65. The van der Waals surface area contributed by atoms with Crippen molar-refractivity contribution in [3.8, 4) is 17.0 Å². The van der Waals surface area contributed by atoms with Gasteiger partial charge in [-0.3, -0.25) is 4.98 Å². The van der Waals surface area contributed by atoms with Crippen LogP contribution in [0.2, 0.25) is 0 Å².